The predicted molar refractivity (Wildman–Crippen MR) is 70.1 cm³/mol. The third-order valence-corrected chi connectivity index (χ3v) is 3.94. The standard InChI is InChI=1S/C14H25NO3/c1-8(2)6-7-9(3)15-12(16)10-11(13(17)18)14(10,4)5/h8-11H,6-7H2,1-5H3,(H,15,16)(H,17,18). The van der Waals surface area contributed by atoms with Crippen LogP contribution in [0.2, 0.25) is 0 Å². The second-order valence-electron chi connectivity index (χ2n) is 6.50. The van der Waals surface area contributed by atoms with Crippen molar-refractivity contribution in [3.63, 3.8) is 0 Å². The molecule has 0 aromatic carbocycles. The van der Waals surface area contributed by atoms with Crippen LogP contribution in [0.4, 0.5) is 0 Å². The molecule has 1 fully saturated rings. The molecule has 0 saturated heterocycles. The lowest BCUT2D eigenvalue weighted by atomic mass is 10.0. The lowest BCUT2D eigenvalue weighted by molar-refractivity contribution is -0.140. The van der Waals surface area contributed by atoms with Crippen molar-refractivity contribution in [3.05, 3.63) is 0 Å². The summed E-state index contributed by atoms with van der Waals surface area (Å²) in [5, 5.41) is 12.0. The van der Waals surface area contributed by atoms with Crippen LogP contribution in [0.15, 0.2) is 0 Å². The van der Waals surface area contributed by atoms with E-state index in [-0.39, 0.29) is 17.9 Å². The summed E-state index contributed by atoms with van der Waals surface area (Å²) in [6.07, 6.45) is 2.01. The van der Waals surface area contributed by atoms with Crippen LogP contribution < -0.4 is 5.32 Å². The highest BCUT2D eigenvalue weighted by Gasteiger charge is 2.65. The van der Waals surface area contributed by atoms with Gasteiger partial charge in [0, 0.05) is 6.04 Å². The van der Waals surface area contributed by atoms with Gasteiger partial charge in [-0.3, -0.25) is 9.59 Å². The molecule has 0 aromatic heterocycles. The Hall–Kier alpha value is -1.06. The Morgan fingerprint density at radius 2 is 1.72 bits per heavy atom. The average molecular weight is 255 g/mol. The number of amides is 1. The summed E-state index contributed by atoms with van der Waals surface area (Å²) in [5.74, 6) is -1.27. The largest absolute Gasteiger partial charge is 0.481 e. The van der Waals surface area contributed by atoms with Crippen molar-refractivity contribution in [1.82, 2.24) is 5.32 Å². The van der Waals surface area contributed by atoms with Crippen LogP contribution in [0.5, 0.6) is 0 Å². The monoisotopic (exact) mass is 255 g/mol. The van der Waals surface area contributed by atoms with Crippen molar-refractivity contribution in [2.75, 3.05) is 0 Å². The second kappa shape index (κ2) is 5.29. The van der Waals surface area contributed by atoms with Crippen LogP contribution >= 0.6 is 0 Å². The summed E-state index contributed by atoms with van der Waals surface area (Å²) >= 11 is 0. The van der Waals surface area contributed by atoms with Gasteiger partial charge in [-0.15, -0.1) is 0 Å². The number of hydrogen-bond acceptors (Lipinski definition) is 2. The number of nitrogens with one attached hydrogen (secondary N) is 1. The highest BCUT2D eigenvalue weighted by molar-refractivity contribution is 5.91. The van der Waals surface area contributed by atoms with Gasteiger partial charge < -0.3 is 10.4 Å². The maximum absolute atomic E-state index is 12.0. The van der Waals surface area contributed by atoms with Crippen molar-refractivity contribution in [3.8, 4) is 0 Å². The van der Waals surface area contributed by atoms with Gasteiger partial charge in [0.05, 0.1) is 11.8 Å². The topological polar surface area (TPSA) is 66.4 Å². The molecule has 0 aliphatic heterocycles. The number of aliphatic carboxylic acids is 1. The number of hydrogen-bond donors (Lipinski definition) is 2. The molecule has 0 bridgehead atoms. The van der Waals surface area contributed by atoms with E-state index in [1.165, 1.54) is 0 Å². The first kappa shape index (κ1) is 15.0. The van der Waals surface area contributed by atoms with Crippen LogP contribution in [0.3, 0.4) is 0 Å². The summed E-state index contributed by atoms with van der Waals surface area (Å²) < 4.78 is 0. The summed E-state index contributed by atoms with van der Waals surface area (Å²) in [4.78, 5) is 23.0. The molecule has 3 atom stereocenters. The van der Waals surface area contributed by atoms with Gasteiger partial charge in [-0.05, 0) is 31.1 Å². The first-order valence-electron chi connectivity index (χ1n) is 6.71. The molecule has 0 heterocycles. The number of carboxylic acid groups (broad SMARTS) is 1. The molecule has 4 nitrogen and oxygen atoms in total. The Balaban J connectivity index is 2.45. The number of carbonyl (C=O) groups excluding carboxylic acids is 1. The first-order valence-corrected chi connectivity index (χ1v) is 6.71. The molecule has 1 aliphatic rings. The smallest absolute Gasteiger partial charge is 0.307 e. The number of carboxylic acids is 1. The van der Waals surface area contributed by atoms with Gasteiger partial charge in [0.15, 0.2) is 0 Å². The van der Waals surface area contributed by atoms with Crippen LogP contribution in [-0.4, -0.2) is 23.0 Å². The van der Waals surface area contributed by atoms with Gasteiger partial charge in [-0.25, -0.2) is 0 Å². The molecule has 2 N–H and O–H groups in total. The molecular formula is C14H25NO3. The van der Waals surface area contributed by atoms with Gasteiger partial charge in [0.25, 0.3) is 0 Å². The zero-order valence-corrected chi connectivity index (χ0v) is 12.0. The van der Waals surface area contributed by atoms with Crippen molar-refractivity contribution in [2.45, 2.75) is 53.5 Å². The average Bonchev–Trinajstić information content (AvgIpc) is 2.78. The second-order valence-corrected chi connectivity index (χ2v) is 6.50. The molecule has 0 radical (unpaired) electrons. The highest BCUT2D eigenvalue weighted by atomic mass is 16.4. The fourth-order valence-corrected chi connectivity index (χ4v) is 2.58. The molecule has 104 valence electrons. The Kier molecular flexibility index (Phi) is 4.41. The van der Waals surface area contributed by atoms with E-state index in [0.717, 1.165) is 12.8 Å². The maximum Gasteiger partial charge on any atom is 0.307 e. The van der Waals surface area contributed by atoms with E-state index in [1.807, 2.05) is 20.8 Å². The summed E-state index contributed by atoms with van der Waals surface area (Å²) in [5.41, 5.74) is -0.409. The zero-order valence-electron chi connectivity index (χ0n) is 12.0. The molecule has 18 heavy (non-hydrogen) atoms. The van der Waals surface area contributed by atoms with Crippen molar-refractivity contribution in [1.29, 1.82) is 0 Å². The molecule has 0 aromatic rings. The fraction of sp³-hybridized carbons (Fsp3) is 0.857. The Morgan fingerprint density at radius 3 is 2.11 bits per heavy atom. The van der Waals surface area contributed by atoms with Crippen LogP contribution in [-0.2, 0) is 9.59 Å². The molecule has 3 unspecified atom stereocenters. The Bertz CT molecular complexity index is 336. The van der Waals surface area contributed by atoms with E-state index >= 15 is 0 Å². The quantitative estimate of drug-likeness (QED) is 0.765. The molecule has 1 rings (SSSR count). The van der Waals surface area contributed by atoms with E-state index in [4.69, 9.17) is 5.11 Å². The number of rotatable bonds is 6. The van der Waals surface area contributed by atoms with E-state index in [1.54, 1.807) is 0 Å². The van der Waals surface area contributed by atoms with Gasteiger partial charge in [0.2, 0.25) is 5.91 Å². The molecule has 1 saturated carbocycles. The van der Waals surface area contributed by atoms with Crippen molar-refractivity contribution in [2.24, 2.45) is 23.2 Å². The van der Waals surface area contributed by atoms with Gasteiger partial charge >= 0.3 is 5.97 Å². The SMILES string of the molecule is CC(C)CCC(C)NC(=O)C1C(C(=O)O)C1(C)C. The molecule has 0 spiro atoms. The minimum Gasteiger partial charge on any atom is -0.481 e. The van der Waals surface area contributed by atoms with E-state index in [9.17, 15) is 9.59 Å². The first-order chi connectivity index (χ1) is 8.17. The van der Waals surface area contributed by atoms with Gasteiger partial charge in [0.1, 0.15) is 0 Å². The Morgan fingerprint density at radius 1 is 1.17 bits per heavy atom. The zero-order chi connectivity index (χ0) is 14.1. The van der Waals surface area contributed by atoms with Crippen LogP contribution in [0.25, 0.3) is 0 Å². The minimum atomic E-state index is -0.866. The molecule has 1 aliphatic carbocycles. The van der Waals surface area contributed by atoms with E-state index < -0.39 is 17.3 Å². The van der Waals surface area contributed by atoms with E-state index in [2.05, 4.69) is 19.2 Å². The Labute approximate surface area is 109 Å². The lowest BCUT2D eigenvalue weighted by Gasteiger charge is -2.15. The number of carbonyl (C=O) groups is 2. The maximum atomic E-state index is 12.0. The molecular weight excluding hydrogens is 230 g/mol. The third kappa shape index (κ3) is 3.24. The van der Waals surface area contributed by atoms with Crippen molar-refractivity contribution >= 4 is 11.9 Å². The normalized spacial score (nSPS) is 26.8. The highest BCUT2D eigenvalue weighted by Crippen LogP contribution is 2.58. The minimum absolute atomic E-state index is 0.108. The van der Waals surface area contributed by atoms with E-state index in [0.29, 0.717) is 5.92 Å². The predicted octanol–water partition coefficient (Wildman–Crippen LogP) is 2.28. The van der Waals surface area contributed by atoms with Crippen molar-refractivity contribution < 1.29 is 14.7 Å². The van der Waals surface area contributed by atoms with Crippen LogP contribution in [0.1, 0.15) is 47.5 Å². The lowest BCUT2D eigenvalue weighted by Crippen LogP contribution is -2.35. The van der Waals surface area contributed by atoms with Gasteiger partial charge in [-0.2, -0.15) is 0 Å². The van der Waals surface area contributed by atoms with Crippen LogP contribution in [0, 0.1) is 23.2 Å². The summed E-state index contributed by atoms with van der Waals surface area (Å²) in [6, 6.07) is 0.116. The fourth-order valence-electron chi connectivity index (χ4n) is 2.58. The van der Waals surface area contributed by atoms with Gasteiger partial charge in [-0.1, -0.05) is 27.7 Å². The molecule has 1 amide bonds. The molecule has 4 heteroatoms. The summed E-state index contributed by atoms with van der Waals surface area (Å²) in [6.45, 7) is 9.97. The third-order valence-electron chi connectivity index (χ3n) is 3.94. The summed E-state index contributed by atoms with van der Waals surface area (Å²) in [7, 11) is 0.